The molecule has 16 heavy (non-hydrogen) atoms. The summed E-state index contributed by atoms with van der Waals surface area (Å²) in [6.45, 7) is 6.10. The third kappa shape index (κ3) is 4.31. The molecule has 0 aromatic heterocycles. The van der Waals surface area contributed by atoms with E-state index >= 15 is 0 Å². The minimum Gasteiger partial charge on any atom is -0.399 e. The van der Waals surface area contributed by atoms with Crippen molar-refractivity contribution in [2.45, 2.75) is 32.9 Å². The number of rotatable bonds is 4. The van der Waals surface area contributed by atoms with E-state index in [0.717, 1.165) is 5.56 Å². The van der Waals surface area contributed by atoms with E-state index in [4.69, 9.17) is 10.6 Å². The highest BCUT2D eigenvalue weighted by atomic mass is 16.7. The van der Waals surface area contributed by atoms with Gasteiger partial charge < -0.3 is 5.73 Å². The number of nitrogen functional groups attached to an aromatic ring is 1. The van der Waals surface area contributed by atoms with Crippen molar-refractivity contribution < 1.29 is 9.63 Å². The van der Waals surface area contributed by atoms with Gasteiger partial charge in [-0.1, -0.05) is 12.1 Å². The first-order valence-electron chi connectivity index (χ1n) is 5.16. The molecule has 0 aliphatic carbocycles. The molecule has 4 heteroatoms. The molecule has 0 radical (unpaired) electrons. The fourth-order valence-electron chi connectivity index (χ4n) is 1.25. The van der Waals surface area contributed by atoms with Gasteiger partial charge in [-0.2, -0.15) is 0 Å². The number of nitrogens with zero attached hydrogens (tertiary/aromatic N) is 1. The van der Waals surface area contributed by atoms with E-state index in [0.29, 0.717) is 18.6 Å². The molecule has 0 spiro atoms. The van der Waals surface area contributed by atoms with Crippen LogP contribution in [0.15, 0.2) is 24.3 Å². The average Bonchev–Trinajstić information content (AvgIpc) is 2.18. The topological polar surface area (TPSA) is 55.6 Å². The summed E-state index contributed by atoms with van der Waals surface area (Å²) < 4.78 is 0. The highest BCUT2D eigenvalue weighted by Crippen LogP contribution is 2.13. The Morgan fingerprint density at radius 3 is 2.31 bits per heavy atom. The standard InChI is InChI=1S/C12H18N2O2/c1-12(2,3)16-14(9-15)8-10-4-6-11(13)7-5-10/h4-7,9H,8,13H2,1-3H3. The van der Waals surface area contributed by atoms with Gasteiger partial charge in [-0.05, 0) is 38.5 Å². The van der Waals surface area contributed by atoms with Gasteiger partial charge in [0.1, 0.15) is 0 Å². The second-order valence-corrected chi connectivity index (χ2v) is 4.63. The number of nitrogens with two attached hydrogens (primary N) is 1. The fraction of sp³-hybridized carbons (Fsp3) is 0.417. The molecular formula is C12H18N2O2. The van der Waals surface area contributed by atoms with Crippen LogP contribution < -0.4 is 5.73 Å². The van der Waals surface area contributed by atoms with Crippen LogP contribution in [0.2, 0.25) is 0 Å². The molecule has 0 atom stereocenters. The van der Waals surface area contributed by atoms with Crippen molar-refractivity contribution in [2.24, 2.45) is 0 Å². The number of carbonyl (C=O) groups is 1. The predicted molar refractivity (Wildman–Crippen MR) is 63.3 cm³/mol. The minimum atomic E-state index is -0.380. The van der Waals surface area contributed by atoms with Crippen LogP contribution in [0, 0.1) is 0 Å². The molecule has 1 rings (SSSR count). The Morgan fingerprint density at radius 1 is 1.31 bits per heavy atom. The number of hydrogen-bond donors (Lipinski definition) is 1. The van der Waals surface area contributed by atoms with Crippen LogP contribution in [0.3, 0.4) is 0 Å². The van der Waals surface area contributed by atoms with Crippen LogP contribution in [0.1, 0.15) is 26.3 Å². The Balaban J connectivity index is 2.63. The van der Waals surface area contributed by atoms with Crippen molar-refractivity contribution in [2.75, 3.05) is 5.73 Å². The third-order valence-corrected chi connectivity index (χ3v) is 1.83. The Labute approximate surface area is 95.9 Å². The molecule has 0 unspecified atom stereocenters. The zero-order chi connectivity index (χ0) is 12.2. The van der Waals surface area contributed by atoms with Gasteiger partial charge >= 0.3 is 0 Å². The van der Waals surface area contributed by atoms with Gasteiger partial charge in [0.25, 0.3) is 0 Å². The van der Waals surface area contributed by atoms with Gasteiger partial charge in [-0.3, -0.25) is 9.63 Å². The molecule has 1 aromatic carbocycles. The molecular weight excluding hydrogens is 204 g/mol. The maximum atomic E-state index is 10.8. The lowest BCUT2D eigenvalue weighted by molar-refractivity contribution is -0.220. The summed E-state index contributed by atoms with van der Waals surface area (Å²) in [7, 11) is 0. The summed E-state index contributed by atoms with van der Waals surface area (Å²) >= 11 is 0. The average molecular weight is 222 g/mol. The SMILES string of the molecule is CC(C)(C)ON(C=O)Cc1ccc(N)cc1. The summed E-state index contributed by atoms with van der Waals surface area (Å²) in [5, 5.41) is 1.28. The number of hydroxylamine groups is 2. The van der Waals surface area contributed by atoms with Gasteiger partial charge in [0, 0.05) is 5.69 Å². The summed E-state index contributed by atoms with van der Waals surface area (Å²) in [4.78, 5) is 16.3. The number of anilines is 1. The predicted octanol–water partition coefficient (Wildman–Crippen LogP) is 1.96. The second kappa shape index (κ2) is 4.99. The third-order valence-electron chi connectivity index (χ3n) is 1.83. The van der Waals surface area contributed by atoms with Crippen LogP contribution in [0.5, 0.6) is 0 Å². The second-order valence-electron chi connectivity index (χ2n) is 4.63. The van der Waals surface area contributed by atoms with Crippen LogP contribution in [-0.4, -0.2) is 17.1 Å². The van der Waals surface area contributed by atoms with Crippen LogP contribution in [0.25, 0.3) is 0 Å². The van der Waals surface area contributed by atoms with Gasteiger partial charge in [-0.25, -0.2) is 5.06 Å². The monoisotopic (exact) mass is 222 g/mol. The van der Waals surface area contributed by atoms with Gasteiger partial charge in [0.05, 0.1) is 12.1 Å². The van der Waals surface area contributed by atoms with E-state index < -0.39 is 0 Å². The number of hydrogen-bond acceptors (Lipinski definition) is 3. The quantitative estimate of drug-likeness (QED) is 0.481. The number of benzene rings is 1. The van der Waals surface area contributed by atoms with Crippen molar-refractivity contribution in [1.82, 2.24) is 5.06 Å². The number of amides is 1. The minimum absolute atomic E-state index is 0.380. The molecule has 0 saturated heterocycles. The zero-order valence-corrected chi connectivity index (χ0v) is 9.93. The van der Waals surface area contributed by atoms with Gasteiger partial charge in [0.15, 0.2) is 0 Å². The van der Waals surface area contributed by atoms with Crippen molar-refractivity contribution in [3.05, 3.63) is 29.8 Å². The number of carbonyl (C=O) groups excluding carboxylic acids is 1. The van der Waals surface area contributed by atoms with Crippen molar-refractivity contribution in [3.8, 4) is 0 Å². The first-order chi connectivity index (χ1) is 7.40. The highest BCUT2D eigenvalue weighted by Gasteiger charge is 2.16. The van der Waals surface area contributed by atoms with Crippen molar-refractivity contribution in [3.63, 3.8) is 0 Å². The highest BCUT2D eigenvalue weighted by molar-refractivity contribution is 5.46. The molecule has 0 heterocycles. The summed E-state index contributed by atoms with van der Waals surface area (Å²) in [5.74, 6) is 0. The maximum absolute atomic E-state index is 10.8. The van der Waals surface area contributed by atoms with Crippen molar-refractivity contribution >= 4 is 12.1 Å². The summed E-state index contributed by atoms with van der Waals surface area (Å²) in [6.07, 6.45) is 0.682. The molecule has 4 nitrogen and oxygen atoms in total. The molecule has 0 bridgehead atoms. The maximum Gasteiger partial charge on any atom is 0.233 e. The molecule has 0 saturated carbocycles. The lowest BCUT2D eigenvalue weighted by Crippen LogP contribution is -2.32. The Kier molecular flexibility index (Phi) is 3.90. The van der Waals surface area contributed by atoms with Gasteiger partial charge in [0.2, 0.25) is 6.41 Å². The van der Waals surface area contributed by atoms with Crippen LogP contribution in [-0.2, 0) is 16.2 Å². The van der Waals surface area contributed by atoms with Crippen LogP contribution >= 0.6 is 0 Å². The van der Waals surface area contributed by atoms with E-state index in [1.807, 2.05) is 32.9 Å². The molecule has 0 aliphatic heterocycles. The normalized spacial score (nSPS) is 11.2. The summed E-state index contributed by atoms with van der Waals surface area (Å²) in [5.41, 5.74) is 6.88. The van der Waals surface area contributed by atoms with E-state index in [-0.39, 0.29) is 5.60 Å². The molecule has 0 fully saturated rings. The van der Waals surface area contributed by atoms with E-state index in [1.54, 1.807) is 12.1 Å². The Hall–Kier alpha value is -1.55. The van der Waals surface area contributed by atoms with E-state index in [2.05, 4.69) is 0 Å². The summed E-state index contributed by atoms with van der Waals surface area (Å²) in [6, 6.07) is 7.35. The molecule has 1 aromatic rings. The first kappa shape index (κ1) is 12.5. The molecule has 0 aliphatic rings. The smallest absolute Gasteiger partial charge is 0.233 e. The van der Waals surface area contributed by atoms with Crippen LogP contribution in [0.4, 0.5) is 5.69 Å². The zero-order valence-electron chi connectivity index (χ0n) is 9.93. The molecule has 2 N–H and O–H groups in total. The lowest BCUT2D eigenvalue weighted by Gasteiger charge is -2.26. The molecule has 88 valence electrons. The van der Waals surface area contributed by atoms with E-state index in [9.17, 15) is 4.79 Å². The Morgan fingerprint density at radius 2 is 1.88 bits per heavy atom. The molecule has 1 amide bonds. The van der Waals surface area contributed by atoms with E-state index in [1.165, 1.54) is 5.06 Å². The Bertz CT molecular complexity index is 341. The fourth-order valence-corrected chi connectivity index (χ4v) is 1.25. The van der Waals surface area contributed by atoms with Crippen molar-refractivity contribution in [1.29, 1.82) is 0 Å². The first-order valence-corrected chi connectivity index (χ1v) is 5.16. The lowest BCUT2D eigenvalue weighted by atomic mass is 10.2. The largest absolute Gasteiger partial charge is 0.399 e. The van der Waals surface area contributed by atoms with Gasteiger partial charge in [-0.15, -0.1) is 0 Å².